The Bertz CT molecular complexity index is 175. The number of hydrogen-bond acceptors (Lipinski definition) is 3. The molecule has 1 aliphatic rings. The fourth-order valence-electron chi connectivity index (χ4n) is 2.47. The van der Waals surface area contributed by atoms with E-state index in [0.717, 1.165) is 18.6 Å². The molecule has 0 heterocycles. The summed E-state index contributed by atoms with van der Waals surface area (Å²) < 4.78 is 0.243. The fraction of sp³-hybridized carbons (Fsp3) is 1.00. The van der Waals surface area contributed by atoms with Crippen molar-refractivity contribution < 1.29 is 5.11 Å². The molecule has 1 fully saturated rings. The second-order valence-corrected chi connectivity index (χ2v) is 5.55. The van der Waals surface area contributed by atoms with Crippen molar-refractivity contribution in [2.24, 2.45) is 11.8 Å². The van der Waals surface area contributed by atoms with E-state index in [4.69, 9.17) is 17.7 Å². The normalized spacial score (nSPS) is 36.0. The number of rotatable bonds is 7. The van der Waals surface area contributed by atoms with Crippen LogP contribution in [0, 0.1) is 11.8 Å². The molecule has 84 valence electrons. The van der Waals surface area contributed by atoms with E-state index in [9.17, 15) is 0 Å². The van der Waals surface area contributed by atoms with E-state index in [1.54, 1.807) is 0 Å². The maximum absolute atomic E-state index is 8.80. The number of unbranched alkanes of at least 4 members (excludes halogenated alkanes) is 1. The van der Waals surface area contributed by atoms with Crippen LogP contribution in [0.15, 0.2) is 0 Å². The fourth-order valence-corrected chi connectivity index (χ4v) is 3.85. The van der Waals surface area contributed by atoms with Crippen molar-refractivity contribution in [3.8, 4) is 0 Å². The number of aliphatic hydroxyl groups is 1. The minimum atomic E-state index is 0.243. The lowest BCUT2D eigenvalue weighted by Crippen LogP contribution is -2.05. The highest BCUT2D eigenvalue weighted by molar-refractivity contribution is 7.82. The van der Waals surface area contributed by atoms with Crippen molar-refractivity contribution in [1.29, 1.82) is 0 Å². The highest BCUT2D eigenvalue weighted by Gasteiger charge is 2.59. The predicted molar refractivity (Wildman–Crippen MR) is 68.4 cm³/mol. The summed E-state index contributed by atoms with van der Waals surface area (Å²) in [6, 6.07) is 0. The molecule has 1 aliphatic carbocycles. The third-order valence-corrected chi connectivity index (χ3v) is 4.74. The van der Waals surface area contributed by atoms with Crippen molar-refractivity contribution in [3.05, 3.63) is 0 Å². The van der Waals surface area contributed by atoms with E-state index >= 15 is 0 Å². The van der Waals surface area contributed by atoms with Crippen molar-refractivity contribution in [2.75, 3.05) is 12.4 Å². The largest absolute Gasteiger partial charge is 0.396 e. The Morgan fingerprint density at radius 1 is 1.29 bits per heavy atom. The van der Waals surface area contributed by atoms with Gasteiger partial charge in [-0.25, -0.2) is 0 Å². The summed E-state index contributed by atoms with van der Waals surface area (Å²) in [4.78, 5) is 0. The van der Waals surface area contributed by atoms with Gasteiger partial charge in [0, 0.05) is 11.4 Å². The quantitative estimate of drug-likeness (QED) is 0.579. The van der Waals surface area contributed by atoms with E-state index in [0.29, 0.717) is 18.4 Å². The third-order valence-electron chi connectivity index (χ3n) is 3.46. The van der Waals surface area contributed by atoms with Gasteiger partial charge in [-0.15, -0.1) is 0 Å². The van der Waals surface area contributed by atoms with E-state index in [-0.39, 0.29) is 4.75 Å². The van der Waals surface area contributed by atoms with E-state index in [2.05, 4.69) is 19.6 Å². The second kappa shape index (κ2) is 5.66. The summed E-state index contributed by atoms with van der Waals surface area (Å²) in [5.74, 6) is 2.32. The Balaban J connectivity index is 2.36. The molecule has 1 saturated carbocycles. The molecule has 0 amide bonds. The minimum Gasteiger partial charge on any atom is -0.396 e. The molecule has 1 N–H and O–H groups in total. The maximum Gasteiger partial charge on any atom is 0.0431 e. The van der Waals surface area contributed by atoms with Crippen LogP contribution in [-0.4, -0.2) is 22.2 Å². The van der Waals surface area contributed by atoms with Crippen LogP contribution in [0.2, 0.25) is 0 Å². The van der Waals surface area contributed by atoms with Crippen molar-refractivity contribution in [3.63, 3.8) is 0 Å². The summed E-state index contributed by atoms with van der Waals surface area (Å²) in [6.45, 7) is 2.53. The topological polar surface area (TPSA) is 20.2 Å². The Hall–Kier alpha value is 0.660. The van der Waals surface area contributed by atoms with Crippen LogP contribution >= 0.6 is 25.3 Å². The van der Waals surface area contributed by atoms with Gasteiger partial charge in [-0.05, 0) is 36.9 Å². The van der Waals surface area contributed by atoms with Crippen molar-refractivity contribution in [2.45, 2.75) is 43.8 Å². The molecule has 0 aromatic rings. The minimum absolute atomic E-state index is 0.243. The summed E-state index contributed by atoms with van der Waals surface area (Å²) >= 11 is 9.20. The molecular formula is C11H22OS2. The first-order valence-corrected chi connectivity index (χ1v) is 6.72. The van der Waals surface area contributed by atoms with Crippen molar-refractivity contribution in [1.82, 2.24) is 0 Å². The van der Waals surface area contributed by atoms with E-state index in [1.807, 2.05) is 0 Å². The van der Waals surface area contributed by atoms with Gasteiger partial charge in [-0.3, -0.25) is 0 Å². The van der Waals surface area contributed by atoms with Gasteiger partial charge in [-0.1, -0.05) is 19.8 Å². The first-order chi connectivity index (χ1) is 6.70. The van der Waals surface area contributed by atoms with Gasteiger partial charge in [0.25, 0.3) is 0 Å². The summed E-state index contributed by atoms with van der Waals surface area (Å²) in [5.41, 5.74) is 0. The van der Waals surface area contributed by atoms with Crippen LogP contribution in [-0.2, 0) is 0 Å². The zero-order valence-electron chi connectivity index (χ0n) is 8.95. The van der Waals surface area contributed by atoms with Crippen LogP contribution in [0.3, 0.4) is 0 Å². The second-order valence-electron chi connectivity index (χ2n) is 4.36. The van der Waals surface area contributed by atoms with Gasteiger partial charge in [0.05, 0.1) is 0 Å². The van der Waals surface area contributed by atoms with Gasteiger partial charge in [0.15, 0.2) is 0 Å². The molecule has 0 aliphatic heterocycles. The van der Waals surface area contributed by atoms with Gasteiger partial charge >= 0.3 is 0 Å². The van der Waals surface area contributed by atoms with Crippen LogP contribution in [0.5, 0.6) is 0 Å². The summed E-state index contributed by atoms with van der Waals surface area (Å²) in [6.07, 6.45) is 5.77. The highest BCUT2D eigenvalue weighted by Crippen LogP contribution is 2.60. The average molecular weight is 234 g/mol. The Kier molecular flexibility index (Phi) is 5.15. The van der Waals surface area contributed by atoms with Crippen LogP contribution in [0.4, 0.5) is 0 Å². The molecule has 3 heteroatoms. The van der Waals surface area contributed by atoms with E-state index in [1.165, 1.54) is 19.3 Å². The van der Waals surface area contributed by atoms with Crippen LogP contribution in [0.25, 0.3) is 0 Å². The van der Waals surface area contributed by atoms with Gasteiger partial charge < -0.3 is 5.11 Å². The van der Waals surface area contributed by atoms with Gasteiger partial charge in [0.2, 0.25) is 0 Å². The summed E-state index contributed by atoms with van der Waals surface area (Å²) in [5, 5.41) is 8.80. The standard InChI is InChI=1S/C11H22OS2/c1-2-3-6-11(14)9(5-4-7-12)10(11)8-13/h9-10,12-14H,2-8H2,1H3. The molecule has 0 aromatic heterocycles. The van der Waals surface area contributed by atoms with Crippen LogP contribution < -0.4 is 0 Å². The maximum atomic E-state index is 8.80. The highest BCUT2D eigenvalue weighted by atomic mass is 32.1. The summed E-state index contributed by atoms with van der Waals surface area (Å²) in [7, 11) is 0. The molecule has 0 saturated heterocycles. The Morgan fingerprint density at radius 2 is 2.00 bits per heavy atom. The molecule has 14 heavy (non-hydrogen) atoms. The smallest absolute Gasteiger partial charge is 0.0431 e. The van der Waals surface area contributed by atoms with Crippen molar-refractivity contribution >= 4 is 25.3 Å². The van der Waals surface area contributed by atoms with Gasteiger partial charge in [-0.2, -0.15) is 25.3 Å². The molecule has 0 aromatic carbocycles. The molecule has 1 nitrogen and oxygen atoms in total. The monoisotopic (exact) mass is 234 g/mol. The number of aliphatic hydroxyl groups excluding tert-OH is 1. The average Bonchev–Trinajstić information content (AvgIpc) is 2.77. The lowest BCUT2D eigenvalue weighted by Gasteiger charge is -2.09. The molecule has 0 bridgehead atoms. The Morgan fingerprint density at radius 3 is 2.50 bits per heavy atom. The van der Waals surface area contributed by atoms with E-state index < -0.39 is 0 Å². The predicted octanol–water partition coefficient (Wildman–Crippen LogP) is 2.79. The first kappa shape index (κ1) is 12.7. The molecule has 0 spiro atoms. The van der Waals surface area contributed by atoms with Crippen LogP contribution in [0.1, 0.15) is 39.0 Å². The zero-order valence-corrected chi connectivity index (χ0v) is 10.7. The first-order valence-electron chi connectivity index (χ1n) is 5.64. The SMILES string of the molecule is CCCCC1(S)C(CS)C1CCCO. The number of hydrogen-bond donors (Lipinski definition) is 3. The zero-order chi connectivity index (χ0) is 10.6. The molecule has 0 radical (unpaired) electrons. The lowest BCUT2D eigenvalue weighted by atomic mass is 10.1. The lowest BCUT2D eigenvalue weighted by molar-refractivity contribution is 0.279. The number of thiol groups is 2. The van der Waals surface area contributed by atoms with Gasteiger partial charge in [0.1, 0.15) is 0 Å². The molecule has 3 atom stereocenters. The Labute approximate surface area is 98.5 Å². The molecular weight excluding hydrogens is 212 g/mol. The third kappa shape index (κ3) is 2.61. The molecule has 1 rings (SSSR count). The molecule has 3 unspecified atom stereocenters.